The summed E-state index contributed by atoms with van der Waals surface area (Å²) in [6, 6.07) is 9.66. The third kappa shape index (κ3) is 1.93. The Kier molecular flexibility index (Phi) is 2.77. The monoisotopic (exact) mass is 310 g/mol. The van der Waals surface area contributed by atoms with Crippen molar-refractivity contribution in [1.29, 1.82) is 0 Å². The van der Waals surface area contributed by atoms with Crippen LogP contribution in [0.2, 0.25) is 0 Å². The molecule has 1 aromatic carbocycles. The van der Waals surface area contributed by atoms with Gasteiger partial charge in [0.05, 0.1) is 12.9 Å². The number of furan rings is 1. The molecule has 3 heterocycles. The Bertz CT molecular complexity index is 1130. The van der Waals surface area contributed by atoms with E-state index in [9.17, 15) is 9.59 Å². The molecular weight excluding hydrogens is 296 g/mol. The molecule has 0 radical (unpaired) electrons. The molecule has 0 saturated heterocycles. The number of hydrogen-bond acceptors (Lipinski definition) is 4. The van der Waals surface area contributed by atoms with Crippen LogP contribution in [0.25, 0.3) is 22.1 Å². The first-order chi connectivity index (χ1) is 11.1. The summed E-state index contributed by atoms with van der Waals surface area (Å²) in [5.74, 6) is 0.724. The van der Waals surface area contributed by atoms with Crippen molar-refractivity contribution < 1.29 is 4.42 Å². The van der Waals surface area contributed by atoms with E-state index in [-0.39, 0.29) is 5.56 Å². The molecular formula is C16H14N4O3. The van der Waals surface area contributed by atoms with Crippen LogP contribution in [0, 0.1) is 0 Å². The van der Waals surface area contributed by atoms with Crippen LogP contribution in [-0.2, 0) is 20.6 Å². The summed E-state index contributed by atoms with van der Waals surface area (Å²) >= 11 is 0. The molecule has 0 fully saturated rings. The summed E-state index contributed by atoms with van der Waals surface area (Å²) in [5.41, 5.74) is 0.796. The number of aryl methyl sites for hydroxylation is 1. The second kappa shape index (κ2) is 4.70. The number of para-hydroxylation sites is 1. The van der Waals surface area contributed by atoms with Gasteiger partial charge in [0, 0.05) is 19.5 Å². The molecule has 3 aromatic heterocycles. The summed E-state index contributed by atoms with van der Waals surface area (Å²) in [6.07, 6.45) is 1.55. The Morgan fingerprint density at radius 2 is 1.91 bits per heavy atom. The van der Waals surface area contributed by atoms with Gasteiger partial charge in [0.2, 0.25) is 0 Å². The van der Waals surface area contributed by atoms with Crippen molar-refractivity contribution in [2.75, 3.05) is 0 Å². The van der Waals surface area contributed by atoms with E-state index in [4.69, 9.17) is 4.42 Å². The Hall–Kier alpha value is -3.09. The number of imidazole rings is 1. The number of fused-ring (bicyclic) bond motifs is 2. The quantitative estimate of drug-likeness (QED) is 0.558. The third-order valence-corrected chi connectivity index (χ3v) is 4.02. The highest BCUT2D eigenvalue weighted by Crippen LogP contribution is 2.20. The van der Waals surface area contributed by atoms with E-state index in [0.29, 0.717) is 17.7 Å². The lowest BCUT2D eigenvalue weighted by Crippen LogP contribution is -2.37. The normalized spacial score (nSPS) is 11.6. The number of rotatable bonds is 2. The first-order valence-electron chi connectivity index (χ1n) is 7.14. The van der Waals surface area contributed by atoms with Gasteiger partial charge in [-0.25, -0.2) is 9.78 Å². The summed E-state index contributed by atoms with van der Waals surface area (Å²) in [4.78, 5) is 28.6. The van der Waals surface area contributed by atoms with E-state index in [2.05, 4.69) is 4.98 Å². The summed E-state index contributed by atoms with van der Waals surface area (Å²) < 4.78 is 9.94. The van der Waals surface area contributed by atoms with Gasteiger partial charge in [0.1, 0.15) is 11.3 Å². The fourth-order valence-electron chi connectivity index (χ4n) is 2.80. The SMILES string of the molecule is Cn1c(=O)c2c(ncn2Cc2cc3ccccc3o2)n(C)c1=O. The fourth-order valence-corrected chi connectivity index (χ4v) is 2.80. The first-order valence-corrected chi connectivity index (χ1v) is 7.14. The van der Waals surface area contributed by atoms with Gasteiger partial charge in [-0.1, -0.05) is 18.2 Å². The Labute approximate surface area is 130 Å². The Morgan fingerprint density at radius 3 is 2.70 bits per heavy atom. The van der Waals surface area contributed by atoms with Crippen molar-refractivity contribution in [2.45, 2.75) is 6.54 Å². The molecule has 0 amide bonds. The molecule has 7 nitrogen and oxygen atoms in total. The van der Waals surface area contributed by atoms with Crippen LogP contribution in [-0.4, -0.2) is 18.7 Å². The molecule has 0 atom stereocenters. The van der Waals surface area contributed by atoms with Crippen LogP contribution in [0.1, 0.15) is 5.76 Å². The van der Waals surface area contributed by atoms with E-state index < -0.39 is 5.69 Å². The van der Waals surface area contributed by atoms with E-state index in [1.165, 1.54) is 11.6 Å². The van der Waals surface area contributed by atoms with Crippen molar-refractivity contribution in [3.8, 4) is 0 Å². The van der Waals surface area contributed by atoms with Gasteiger partial charge < -0.3 is 8.98 Å². The summed E-state index contributed by atoms with van der Waals surface area (Å²) in [7, 11) is 3.06. The maximum atomic E-state index is 12.4. The molecule has 4 rings (SSSR count). The Balaban J connectivity index is 1.89. The van der Waals surface area contributed by atoms with Gasteiger partial charge in [-0.05, 0) is 12.1 Å². The standard InChI is InChI=1S/C16H14N4O3/c1-18-14-13(15(21)19(2)16(18)22)20(9-17-14)8-11-7-10-5-3-4-6-12(10)23-11/h3-7,9H,8H2,1-2H3. The second-order valence-corrected chi connectivity index (χ2v) is 5.50. The predicted octanol–water partition coefficient (Wildman–Crippen LogP) is 1.23. The highest BCUT2D eigenvalue weighted by molar-refractivity contribution is 5.77. The van der Waals surface area contributed by atoms with Crippen LogP contribution >= 0.6 is 0 Å². The Morgan fingerprint density at radius 1 is 1.13 bits per heavy atom. The van der Waals surface area contributed by atoms with Gasteiger partial charge in [-0.15, -0.1) is 0 Å². The first kappa shape index (κ1) is 13.6. The molecule has 0 aliphatic heterocycles. The van der Waals surface area contributed by atoms with E-state index in [1.54, 1.807) is 17.9 Å². The fraction of sp³-hybridized carbons (Fsp3) is 0.188. The highest BCUT2D eigenvalue weighted by atomic mass is 16.3. The summed E-state index contributed by atoms with van der Waals surface area (Å²) in [6.45, 7) is 0.374. The maximum absolute atomic E-state index is 12.4. The maximum Gasteiger partial charge on any atom is 0.332 e. The molecule has 0 aliphatic carbocycles. The van der Waals surface area contributed by atoms with Gasteiger partial charge >= 0.3 is 5.69 Å². The molecule has 0 spiro atoms. The van der Waals surface area contributed by atoms with E-state index in [1.807, 2.05) is 30.3 Å². The van der Waals surface area contributed by atoms with E-state index in [0.717, 1.165) is 21.3 Å². The zero-order chi connectivity index (χ0) is 16.1. The lowest BCUT2D eigenvalue weighted by molar-refractivity contribution is 0.531. The minimum Gasteiger partial charge on any atom is -0.459 e. The second-order valence-electron chi connectivity index (χ2n) is 5.50. The molecule has 0 bridgehead atoms. The van der Waals surface area contributed by atoms with Crippen molar-refractivity contribution >= 4 is 22.1 Å². The van der Waals surface area contributed by atoms with E-state index >= 15 is 0 Å². The summed E-state index contributed by atoms with van der Waals surface area (Å²) in [5, 5.41) is 1.01. The minimum atomic E-state index is -0.392. The highest BCUT2D eigenvalue weighted by Gasteiger charge is 2.15. The number of aromatic nitrogens is 4. The number of benzene rings is 1. The molecule has 23 heavy (non-hydrogen) atoms. The smallest absolute Gasteiger partial charge is 0.332 e. The minimum absolute atomic E-state index is 0.364. The average Bonchev–Trinajstić information content (AvgIpc) is 3.14. The van der Waals surface area contributed by atoms with Crippen LogP contribution in [0.15, 0.2) is 50.7 Å². The van der Waals surface area contributed by atoms with Gasteiger partial charge in [-0.3, -0.25) is 13.9 Å². The van der Waals surface area contributed by atoms with Crippen molar-refractivity contribution in [3.05, 3.63) is 63.3 Å². The lowest BCUT2D eigenvalue weighted by atomic mass is 10.2. The molecule has 0 N–H and O–H groups in total. The molecule has 116 valence electrons. The molecule has 7 heteroatoms. The lowest BCUT2D eigenvalue weighted by Gasteiger charge is -2.05. The zero-order valence-corrected chi connectivity index (χ0v) is 12.7. The predicted molar refractivity (Wildman–Crippen MR) is 85.5 cm³/mol. The van der Waals surface area contributed by atoms with Gasteiger partial charge in [0.15, 0.2) is 11.2 Å². The van der Waals surface area contributed by atoms with Crippen LogP contribution < -0.4 is 11.2 Å². The average molecular weight is 310 g/mol. The van der Waals surface area contributed by atoms with Crippen LogP contribution in [0.5, 0.6) is 0 Å². The van der Waals surface area contributed by atoms with Crippen LogP contribution in [0.3, 0.4) is 0 Å². The number of hydrogen-bond donors (Lipinski definition) is 0. The van der Waals surface area contributed by atoms with Gasteiger partial charge in [-0.2, -0.15) is 0 Å². The van der Waals surface area contributed by atoms with Crippen molar-refractivity contribution in [1.82, 2.24) is 18.7 Å². The topological polar surface area (TPSA) is 75.0 Å². The van der Waals surface area contributed by atoms with Crippen LogP contribution in [0.4, 0.5) is 0 Å². The number of nitrogens with zero attached hydrogens (tertiary/aromatic N) is 4. The largest absolute Gasteiger partial charge is 0.459 e. The third-order valence-electron chi connectivity index (χ3n) is 4.02. The van der Waals surface area contributed by atoms with Gasteiger partial charge in [0.25, 0.3) is 5.56 Å². The zero-order valence-electron chi connectivity index (χ0n) is 12.7. The van der Waals surface area contributed by atoms with Crippen molar-refractivity contribution in [3.63, 3.8) is 0 Å². The molecule has 4 aromatic rings. The molecule has 0 aliphatic rings. The van der Waals surface area contributed by atoms with Crippen molar-refractivity contribution in [2.24, 2.45) is 14.1 Å². The molecule has 0 unspecified atom stereocenters. The molecule has 0 saturated carbocycles.